The zero-order valence-electron chi connectivity index (χ0n) is 4.67. The minimum atomic E-state index is -1.54. The predicted molar refractivity (Wildman–Crippen MR) is 33.0 cm³/mol. The molecule has 0 amide bonds. The first-order valence-corrected chi connectivity index (χ1v) is 4.07. The van der Waals surface area contributed by atoms with E-state index in [9.17, 15) is 4.21 Å². The summed E-state index contributed by atoms with van der Waals surface area (Å²) in [5.74, 6) is 0. The van der Waals surface area contributed by atoms with Gasteiger partial charge in [0.25, 0.3) is 0 Å². The maximum absolute atomic E-state index is 10.3. The van der Waals surface area contributed by atoms with Crippen LogP contribution in [0, 0.1) is 0 Å². The Labute approximate surface area is 51.6 Å². The molecule has 0 aromatic rings. The summed E-state index contributed by atoms with van der Waals surface area (Å²) in [6.45, 7) is 0. The monoisotopic (exact) mass is 134 g/mol. The number of hydrogen-bond donors (Lipinski definition) is 1. The highest BCUT2D eigenvalue weighted by molar-refractivity contribution is 7.79. The van der Waals surface area contributed by atoms with Gasteiger partial charge in [-0.15, -0.1) is 0 Å². The van der Waals surface area contributed by atoms with Crippen molar-refractivity contribution in [3.05, 3.63) is 0 Å². The van der Waals surface area contributed by atoms with Crippen molar-refractivity contribution in [1.29, 1.82) is 0 Å². The van der Waals surface area contributed by atoms with Crippen LogP contribution >= 0.6 is 0 Å². The van der Waals surface area contributed by atoms with Gasteiger partial charge in [0.2, 0.25) is 0 Å². The molecule has 0 aliphatic heterocycles. The van der Waals surface area contributed by atoms with Gasteiger partial charge in [-0.1, -0.05) is 12.8 Å². The van der Waals surface area contributed by atoms with Crippen molar-refractivity contribution in [3.63, 3.8) is 0 Å². The lowest BCUT2D eigenvalue weighted by Crippen LogP contribution is -2.07. The Kier molecular flexibility index (Phi) is 2.02. The Balaban J connectivity index is 2.35. The fourth-order valence-corrected chi connectivity index (χ4v) is 1.83. The summed E-state index contributed by atoms with van der Waals surface area (Å²) < 4.78 is 18.8. The highest BCUT2D eigenvalue weighted by Crippen LogP contribution is 2.21. The quantitative estimate of drug-likeness (QED) is 0.546. The van der Waals surface area contributed by atoms with Gasteiger partial charge in [0.15, 0.2) is 11.1 Å². The number of hydrogen-bond acceptors (Lipinski definition) is 1. The lowest BCUT2D eigenvalue weighted by Gasteiger charge is -1.98. The van der Waals surface area contributed by atoms with E-state index < -0.39 is 11.1 Å². The van der Waals surface area contributed by atoms with E-state index in [-0.39, 0.29) is 5.25 Å². The van der Waals surface area contributed by atoms with Crippen LogP contribution in [0.15, 0.2) is 0 Å². The Bertz CT molecular complexity index is 96.6. The van der Waals surface area contributed by atoms with Crippen molar-refractivity contribution in [1.82, 2.24) is 0 Å². The van der Waals surface area contributed by atoms with E-state index in [1.165, 1.54) is 0 Å². The van der Waals surface area contributed by atoms with E-state index in [0.29, 0.717) is 0 Å². The van der Waals surface area contributed by atoms with Gasteiger partial charge in [0.05, 0.1) is 5.25 Å². The zero-order valence-corrected chi connectivity index (χ0v) is 5.49. The van der Waals surface area contributed by atoms with Crippen molar-refractivity contribution in [2.75, 3.05) is 0 Å². The molecule has 3 heteroatoms. The zero-order chi connectivity index (χ0) is 5.98. The third-order valence-corrected chi connectivity index (χ3v) is 2.63. The molecule has 0 radical (unpaired) electrons. The minimum Gasteiger partial charge on any atom is -0.306 e. The highest BCUT2D eigenvalue weighted by atomic mass is 32.2. The van der Waals surface area contributed by atoms with Gasteiger partial charge in [-0.2, -0.15) is 0 Å². The molecule has 0 heterocycles. The predicted octanol–water partition coefficient (Wildman–Crippen LogP) is 1.15. The molecule has 0 spiro atoms. The van der Waals surface area contributed by atoms with E-state index in [0.717, 1.165) is 25.7 Å². The van der Waals surface area contributed by atoms with E-state index in [1.54, 1.807) is 0 Å². The summed E-state index contributed by atoms with van der Waals surface area (Å²) in [5, 5.41) is 0.0926. The van der Waals surface area contributed by atoms with Gasteiger partial charge in [-0.25, -0.2) is 4.21 Å². The first kappa shape index (κ1) is 6.23. The van der Waals surface area contributed by atoms with Crippen molar-refractivity contribution in [3.8, 4) is 0 Å². The lowest BCUT2D eigenvalue weighted by atomic mass is 10.4. The normalized spacial score (nSPS) is 26.1. The molecule has 1 N–H and O–H groups in total. The van der Waals surface area contributed by atoms with Gasteiger partial charge in [0.1, 0.15) is 0 Å². The third-order valence-electron chi connectivity index (χ3n) is 1.59. The maximum atomic E-state index is 10.3. The number of rotatable bonds is 1. The average Bonchev–Trinajstić information content (AvgIpc) is 2.12. The molecule has 48 valence electrons. The molecular formula is C5H10O2S. The Morgan fingerprint density at radius 2 is 1.88 bits per heavy atom. The molecule has 0 bridgehead atoms. The van der Waals surface area contributed by atoms with Crippen LogP contribution in [0.1, 0.15) is 25.7 Å². The average molecular weight is 134 g/mol. The smallest absolute Gasteiger partial charge is 0.155 e. The largest absolute Gasteiger partial charge is 0.306 e. The first-order chi connectivity index (χ1) is 3.80. The van der Waals surface area contributed by atoms with Crippen molar-refractivity contribution in [2.24, 2.45) is 0 Å². The van der Waals surface area contributed by atoms with Crippen molar-refractivity contribution >= 4 is 11.1 Å². The highest BCUT2D eigenvalue weighted by Gasteiger charge is 2.19. The molecule has 1 atom stereocenters. The molecule has 8 heavy (non-hydrogen) atoms. The first-order valence-electron chi connectivity index (χ1n) is 2.90. The second-order valence-corrected chi connectivity index (χ2v) is 3.40. The summed E-state index contributed by atoms with van der Waals surface area (Å²) in [5.41, 5.74) is 0. The van der Waals surface area contributed by atoms with Gasteiger partial charge in [0, 0.05) is 0 Å². The fraction of sp³-hybridized carbons (Fsp3) is 1.00. The van der Waals surface area contributed by atoms with E-state index in [1.807, 2.05) is 0 Å². The maximum Gasteiger partial charge on any atom is 0.155 e. The van der Waals surface area contributed by atoms with Crippen LogP contribution in [-0.2, 0) is 11.1 Å². The van der Waals surface area contributed by atoms with Crippen LogP contribution in [0.5, 0.6) is 0 Å². The molecule has 0 aromatic carbocycles. The molecular weight excluding hydrogens is 124 g/mol. The van der Waals surface area contributed by atoms with Gasteiger partial charge >= 0.3 is 0 Å². The summed E-state index contributed by atoms with van der Waals surface area (Å²) in [4.78, 5) is 0. The van der Waals surface area contributed by atoms with Crippen LogP contribution in [0.4, 0.5) is 0 Å². The Morgan fingerprint density at radius 1 is 1.38 bits per heavy atom. The van der Waals surface area contributed by atoms with Gasteiger partial charge < -0.3 is 4.55 Å². The van der Waals surface area contributed by atoms with Crippen molar-refractivity contribution in [2.45, 2.75) is 30.9 Å². The molecule has 1 unspecified atom stereocenters. The molecule has 1 aliphatic carbocycles. The van der Waals surface area contributed by atoms with Gasteiger partial charge in [-0.3, -0.25) is 0 Å². The third kappa shape index (κ3) is 1.29. The molecule has 0 aromatic heterocycles. The van der Waals surface area contributed by atoms with Crippen LogP contribution in [0.2, 0.25) is 0 Å². The van der Waals surface area contributed by atoms with Gasteiger partial charge in [-0.05, 0) is 12.8 Å². The topological polar surface area (TPSA) is 37.3 Å². The molecule has 1 rings (SSSR count). The standard InChI is InChI=1S/C5H10O2S/c6-8(7)5-3-1-2-4-5/h5H,1-4H2,(H,6,7). The van der Waals surface area contributed by atoms with Crippen molar-refractivity contribution < 1.29 is 8.76 Å². The molecule has 1 fully saturated rings. The SMILES string of the molecule is O=S(O)C1CCCC1. The molecule has 2 nitrogen and oxygen atoms in total. The summed E-state index contributed by atoms with van der Waals surface area (Å²) in [7, 11) is 0. The lowest BCUT2D eigenvalue weighted by molar-refractivity contribution is 0.547. The molecule has 0 saturated heterocycles. The summed E-state index contributed by atoms with van der Waals surface area (Å²) >= 11 is -1.54. The Hall–Kier alpha value is 0.110. The van der Waals surface area contributed by atoms with Crippen LogP contribution in [0.3, 0.4) is 0 Å². The Morgan fingerprint density at radius 3 is 2.12 bits per heavy atom. The molecule has 1 saturated carbocycles. The summed E-state index contributed by atoms with van der Waals surface area (Å²) in [6.07, 6.45) is 4.17. The second-order valence-electron chi connectivity index (χ2n) is 2.18. The van der Waals surface area contributed by atoms with E-state index in [2.05, 4.69) is 0 Å². The summed E-state index contributed by atoms with van der Waals surface area (Å²) in [6, 6.07) is 0. The second kappa shape index (κ2) is 2.60. The van der Waals surface area contributed by atoms with Crippen LogP contribution in [-0.4, -0.2) is 14.0 Å². The van der Waals surface area contributed by atoms with E-state index in [4.69, 9.17) is 4.55 Å². The minimum absolute atomic E-state index is 0.0926. The van der Waals surface area contributed by atoms with E-state index >= 15 is 0 Å². The fourth-order valence-electron chi connectivity index (χ4n) is 1.09. The van der Waals surface area contributed by atoms with Crippen LogP contribution < -0.4 is 0 Å². The molecule has 1 aliphatic rings. The van der Waals surface area contributed by atoms with Crippen LogP contribution in [0.25, 0.3) is 0 Å².